The summed E-state index contributed by atoms with van der Waals surface area (Å²) in [5, 5.41) is 4.23. The zero-order valence-corrected chi connectivity index (χ0v) is 15.8. The van der Waals surface area contributed by atoms with Crippen molar-refractivity contribution in [3.05, 3.63) is 27.2 Å². The van der Waals surface area contributed by atoms with Crippen LogP contribution in [0.4, 0.5) is 11.9 Å². The summed E-state index contributed by atoms with van der Waals surface area (Å²) < 4.78 is 26.6. The van der Waals surface area contributed by atoms with Gasteiger partial charge in [-0.1, -0.05) is 34.8 Å². The van der Waals surface area contributed by atoms with Gasteiger partial charge in [0, 0.05) is 28.2 Å². The van der Waals surface area contributed by atoms with Crippen molar-refractivity contribution in [2.75, 3.05) is 38.0 Å². The molecule has 0 spiro atoms. The van der Waals surface area contributed by atoms with Crippen LogP contribution in [0.25, 0.3) is 0 Å². The molecule has 0 fully saturated rings. The Morgan fingerprint density at radius 1 is 0.957 bits per heavy atom. The molecule has 0 bridgehead atoms. The Kier molecular flexibility index (Phi) is 5.00. The SMILES string of the molecule is CN(C)c1nc(N(C)C)n(S(=O)(=O)c2cc(Cl)c(Cl)cc2Cl)n1. The van der Waals surface area contributed by atoms with E-state index in [1.807, 2.05) is 0 Å². The van der Waals surface area contributed by atoms with E-state index in [1.165, 1.54) is 17.0 Å². The fourth-order valence-corrected chi connectivity index (χ4v) is 3.96. The van der Waals surface area contributed by atoms with Crippen molar-refractivity contribution >= 4 is 56.7 Å². The molecular weight excluding hydrogens is 385 g/mol. The van der Waals surface area contributed by atoms with Crippen molar-refractivity contribution < 1.29 is 8.42 Å². The lowest BCUT2D eigenvalue weighted by molar-refractivity contribution is 0.580. The van der Waals surface area contributed by atoms with Crippen LogP contribution >= 0.6 is 34.8 Å². The van der Waals surface area contributed by atoms with Gasteiger partial charge in [-0.15, -0.1) is 9.19 Å². The highest BCUT2D eigenvalue weighted by Crippen LogP contribution is 2.33. The number of rotatable bonds is 4. The Balaban J connectivity index is 2.72. The van der Waals surface area contributed by atoms with Gasteiger partial charge in [-0.05, 0) is 12.1 Å². The number of aromatic nitrogens is 3. The molecule has 1 aromatic carbocycles. The maximum absolute atomic E-state index is 12.9. The molecule has 2 aromatic rings. The van der Waals surface area contributed by atoms with Gasteiger partial charge >= 0.3 is 0 Å². The topological polar surface area (TPSA) is 71.3 Å². The molecular formula is C12H14Cl3N5O2S. The first-order valence-electron chi connectivity index (χ1n) is 6.27. The molecule has 0 amide bonds. The van der Waals surface area contributed by atoms with Crippen LogP contribution in [-0.4, -0.2) is 50.8 Å². The summed E-state index contributed by atoms with van der Waals surface area (Å²) in [4.78, 5) is 7.11. The average molecular weight is 399 g/mol. The zero-order chi connectivity index (χ0) is 17.5. The third kappa shape index (κ3) is 3.35. The van der Waals surface area contributed by atoms with Crippen LogP contribution in [0.1, 0.15) is 0 Å². The highest BCUT2D eigenvalue weighted by Gasteiger charge is 2.28. The van der Waals surface area contributed by atoms with E-state index in [-0.39, 0.29) is 31.9 Å². The van der Waals surface area contributed by atoms with Gasteiger partial charge in [0.2, 0.25) is 11.9 Å². The molecule has 0 aliphatic rings. The molecule has 0 radical (unpaired) electrons. The van der Waals surface area contributed by atoms with Crippen molar-refractivity contribution in [1.29, 1.82) is 0 Å². The molecule has 0 saturated heterocycles. The standard InChI is InChI=1S/C12H14Cl3N5O2S/c1-18(2)11-16-12(19(3)4)20(17-11)23(21,22)10-6-8(14)7(13)5-9(10)15/h5-6H,1-4H3. The normalized spacial score (nSPS) is 11.6. The van der Waals surface area contributed by atoms with E-state index in [0.29, 0.717) is 0 Å². The van der Waals surface area contributed by atoms with E-state index in [9.17, 15) is 8.42 Å². The van der Waals surface area contributed by atoms with Crippen molar-refractivity contribution in [3.8, 4) is 0 Å². The predicted octanol–water partition coefficient (Wildman–Crippen LogP) is 2.61. The van der Waals surface area contributed by atoms with Crippen LogP contribution in [0.3, 0.4) is 0 Å². The fraction of sp³-hybridized carbons (Fsp3) is 0.333. The molecule has 0 aliphatic carbocycles. The Morgan fingerprint density at radius 2 is 1.52 bits per heavy atom. The smallest absolute Gasteiger partial charge is 0.287 e. The second-order valence-corrected chi connectivity index (χ2v) is 8.00. The maximum Gasteiger partial charge on any atom is 0.287 e. The minimum atomic E-state index is -4.10. The van der Waals surface area contributed by atoms with Gasteiger partial charge in [0.1, 0.15) is 4.90 Å². The molecule has 2 rings (SSSR count). The summed E-state index contributed by atoms with van der Waals surface area (Å²) in [6, 6.07) is 2.47. The summed E-state index contributed by atoms with van der Waals surface area (Å²) in [6.07, 6.45) is 0. The molecule has 23 heavy (non-hydrogen) atoms. The van der Waals surface area contributed by atoms with E-state index < -0.39 is 10.0 Å². The summed E-state index contributed by atoms with van der Waals surface area (Å²) in [5.41, 5.74) is 0. The van der Waals surface area contributed by atoms with E-state index >= 15 is 0 Å². The molecule has 0 saturated carbocycles. The molecule has 0 atom stereocenters. The molecule has 0 N–H and O–H groups in total. The van der Waals surface area contributed by atoms with Gasteiger partial charge in [0.05, 0.1) is 15.1 Å². The molecule has 7 nitrogen and oxygen atoms in total. The number of hydrogen-bond acceptors (Lipinski definition) is 6. The van der Waals surface area contributed by atoms with Gasteiger partial charge in [-0.25, -0.2) is 0 Å². The lowest BCUT2D eigenvalue weighted by Gasteiger charge is -2.13. The first kappa shape index (κ1) is 18.1. The molecule has 126 valence electrons. The second-order valence-electron chi connectivity index (χ2n) is 5.05. The molecule has 1 heterocycles. The van der Waals surface area contributed by atoms with Gasteiger partial charge in [0.15, 0.2) is 0 Å². The van der Waals surface area contributed by atoms with Crippen molar-refractivity contribution in [2.24, 2.45) is 0 Å². The first-order chi connectivity index (χ1) is 10.6. The van der Waals surface area contributed by atoms with Gasteiger partial charge in [-0.3, -0.25) is 0 Å². The first-order valence-corrected chi connectivity index (χ1v) is 8.85. The number of hydrogen-bond donors (Lipinski definition) is 0. The largest absolute Gasteiger partial charge is 0.346 e. The number of benzene rings is 1. The monoisotopic (exact) mass is 397 g/mol. The third-order valence-electron chi connectivity index (χ3n) is 2.83. The Morgan fingerprint density at radius 3 is 2.04 bits per heavy atom. The van der Waals surface area contributed by atoms with Crippen LogP contribution in [0.15, 0.2) is 17.0 Å². The van der Waals surface area contributed by atoms with Gasteiger partial charge in [-0.2, -0.15) is 13.4 Å². The van der Waals surface area contributed by atoms with Crippen LogP contribution < -0.4 is 9.80 Å². The summed E-state index contributed by atoms with van der Waals surface area (Å²) in [5.74, 6) is 0.379. The van der Waals surface area contributed by atoms with E-state index in [2.05, 4.69) is 10.1 Å². The minimum Gasteiger partial charge on any atom is -0.346 e. The van der Waals surface area contributed by atoms with Crippen LogP contribution in [0.5, 0.6) is 0 Å². The van der Waals surface area contributed by atoms with E-state index in [0.717, 1.165) is 4.09 Å². The number of anilines is 2. The van der Waals surface area contributed by atoms with Crippen molar-refractivity contribution in [1.82, 2.24) is 14.2 Å². The molecule has 0 unspecified atom stereocenters. The van der Waals surface area contributed by atoms with Crippen molar-refractivity contribution in [2.45, 2.75) is 4.90 Å². The van der Waals surface area contributed by atoms with Crippen LogP contribution in [-0.2, 0) is 10.0 Å². The Labute approximate surface area is 149 Å². The average Bonchev–Trinajstić information content (AvgIpc) is 2.89. The van der Waals surface area contributed by atoms with Crippen LogP contribution in [0, 0.1) is 0 Å². The molecule has 11 heteroatoms. The van der Waals surface area contributed by atoms with Gasteiger partial charge < -0.3 is 9.80 Å². The Hall–Kier alpha value is -1.22. The number of halogens is 3. The minimum absolute atomic E-state index is 0.0500. The molecule has 1 aromatic heterocycles. The van der Waals surface area contributed by atoms with E-state index in [4.69, 9.17) is 34.8 Å². The maximum atomic E-state index is 12.9. The van der Waals surface area contributed by atoms with Gasteiger partial charge in [0.25, 0.3) is 10.0 Å². The highest BCUT2D eigenvalue weighted by atomic mass is 35.5. The third-order valence-corrected chi connectivity index (χ3v) is 5.57. The Bertz CT molecular complexity index is 849. The van der Waals surface area contributed by atoms with Crippen LogP contribution in [0.2, 0.25) is 15.1 Å². The fourth-order valence-electron chi connectivity index (χ4n) is 1.70. The summed E-state index contributed by atoms with van der Waals surface area (Å²) >= 11 is 17.8. The number of nitrogens with zero attached hydrogens (tertiary/aromatic N) is 5. The zero-order valence-electron chi connectivity index (χ0n) is 12.7. The lowest BCUT2D eigenvalue weighted by Crippen LogP contribution is -2.22. The van der Waals surface area contributed by atoms with E-state index in [1.54, 1.807) is 33.1 Å². The lowest BCUT2D eigenvalue weighted by atomic mass is 10.4. The highest BCUT2D eigenvalue weighted by molar-refractivity contribution is 7.90. The van der Waals surface area contributed by atoms with Crippen molar-refractivity contribution in [3.63, 3.8) is 0 Å². The predicted molar refractivity (Wildman–Crippen MR) is 92.7 cm³/mol. The molecule has 0 aliphatic heterocycles. The second kappa shape index (κ2) is 6.35. The quantitative estimate of drug-likeness (QED) is 0.737. The summed E-state index contributed by atoms with van der Waals surface area (Å²) in [7, 11) is 2.63. The summed E-state index contributed by atoms with van der Waals surface area (Å²) in [6.45, 7) is 0.